The smallest absolute Gasteiger partial charge is 0.129 e. The van der Waals surface area contributed by atoms with Gasteiger partial charge in [-0.05, 0) is 18.4 Å². The summed E-state index contributed by atoms with van der Waals surface area (Å²) in [4.78, 5) is 5.09. The highest BCUT2D eigenvalue weighted by Gasteiger charge is 2.16. The van der Waals surface area contributed by atoms with Crippen molar-refractivity contribution >= 4 is 5.71 Å². The van der Waals surface area contributed by atoms with Crippen LogP contribution in [-0.2, 0) is 11.3 Å². The van der Waals surface area contributed by atoms with Gasteiger partial charge < -0.3 is 10.6 Å². The first-order valence-corrected chi connectivity index (χ1v) is 4.89. The molecule has 0 atom stereocenters. The summed E-state index contributed by atoms with van der Waals surface area (Å²) in [6, 6.07) is 8.32. The molecule has 1 aliphatic rings. The molecule has 0 amide bonds. The maximum Gasteiger partial charge on any atom is 0.129 e. The Morgan fingerprint density at radius 1 is 1.29 bits per heavy atom. The summed E-state index contributed by atoms with van der Waals surface area (Å²) in [5.74, 6) is 0. The molecular formula is C11H14N2O. The van der Waals surface area contributed by atoms with Crippen LogP contribution in [0.2, 0.25) is 0 Å². The Morgan fingerprint density at radius 3 is 3.00 bits per heavy atom. The molecule has 0 aromatic heterocycles. The van der Waals surface area contributed by atoms with Gasteiger partial charge >= 0.3 is 0 Å². The van der Waals surface area contributed by atoms with Crippen LogP contribution >= 0.6 is 0 Å². The van der Waals surface area contributed by atoms with Gasteiger partial charge in [-0.3, -0.25) is 0 Å². The molecule has 3 nitrogen and oxygen atoms in total. The summed E-state index contributed by atoms with van der Waals surface area (Å²) in [6.45, 7) is 1.00. The number of aryl methyl sites for hydroxylation is 1. The maximum absolute atomic E-state index is 5.31. The summed E-state index contributed by atoms with van der Waals surface area (Å²) >= 11 is 0. The van der Waals surface area contributed by atoms with Gasteiger partial charge in [0.2, 0.25) is 0 Å². The number of nitrogens with two attached hydrogens (primary N) is 1. The highest BCUT2D eigenvalue weighted by atomic mass is 16.6. The highest BCUT2D eigenvalue weighted by Crippen LogP contribution is 2.21. The number of rotatable bonds is 3. The van der Waals surface area contributed by atoms with Gasteiger partial charge in [0.15, 0.2) is 0 Å². The van der Waals surface area contributed by atoms with Crippen molar-refractivity contribution in [3.05, 3.63) is 35.4 Å². The largest absolute Gasteiger partial charge is 0.394 e. The van der Waals surface area contributed by atoms with Crippen molar-refractivity contribution in [3.63, 3.8) is 0 Å². The molecule has 0 heterocycles. The Bertz CT molecular complexity index is 347. The number of fused-ring (bicyclic) bond motifs is 1. The fourth-order valence-corrected chi connectivity index (χ4v) is 1.68. The second kappa shape index (κ2) is 4.24. The van der Waals surface area contributed by atoms with E-state index in [9.17, 15) is 0 Å². The molecule has 0 saturated heterocycles. The van der Waals surface area contributed by atoms with Crippen molar-refractivity contribution < 1.29 is 4.84 Å². The van der Waals surface area contributed by atoms with E-state index in [4.69, 9.17) is 10.6 Å². The minimum atomic E-state index is 0.492. The van der Waals surface area contributed by atoms with E-state index in [2.05, 4.69) is 23.4 Å². The molecule has 14 heavy (non-hydrogen) atoms. The van der Waals surface area contributed by atoms with E-state index >= 15 is 0 Å². The Hall–Kier alpha value is -1.35. The van der Waals surface area contributed by atoms with E-state index < -0.39 is 0 Å². The van der Waals surface area contributed by atoms with Crippen molar-refractivity contribution in [2.75, 3.05) is 13.2 Å². The third kappa shape index (κ3) is 1.77. The van der Waals surface area contributed by atoms with Gasteiger partial charge in [0.05, 0.1) is 5.71 Å². The quantitative estimate of drug-likeness (QED) is 0.577. The summed E-state index contributed by atoms with van der Waals surface area (Å²) in [5, 5.41) is 4.09. The standard InChI is InChI=1S/C11H14N2O/c12-7-8-14-13-11-6-5-9-3-1-2-4-10(9)11/h1-4H,5-8,12H2/b13-11-. The van der Waals surface area contributed by atoms with Gasteiger partial charge in [0, 0.05) is 12.1 Å². The number of hydrogen-bond donors (Lipinski definition) is 1. The second-order valence-corrected chi connectivity index (χ2v) is 3.32. The molecule has 2 N–H and O–H groups in total. The van der Waals surface area contributed by atoms with Crippen LogP contribution in [0, 0.1) is 0 Å². The molecular weight excluding hydrogens is 176 g/mol. The summed E-state index contributed by atoms with van der Waals surface area (Å²) in [5.41, 5.74) is 8.95. The molecule has 0 bridgehead atoms. The van der Waals surface area contributed by atoms with E-state index in [1.54, 1.807) is 0 Å². The van der Waals surface area contributed by atoms with Crippen LogP contribution in [0.3, 0.4) is 0 Å². The molecule has 1 aromatic rings. The number of benzene rings is 1. The van der Waals surface area contributed by atoms with Gasteiger partial charge in [-0.25, -0.2) is 0 Å². The van der Waals surface area contributed by atoms with Crippen LogP contribution in [0.5, 0.6) is 0 Å². The van der Waals surface area contributed by atoms with Gasteiger partial charge in [0.1, 0.15) is 6.61 Å². The minimum absolute atomic E-state index is 0.492. The van der Waals surface area contributed by atoms with Gasteiger partial charge in [0.25, 0.3) is 0 Å². The SMILES string of the molecule is NCCO/N=C1/CCc2ccccc21. The lowest BCUT2D eigenvalue weighted by Crippen LogP contribution is -2.07. The molecule has 1 aromatic carbocycles. The average molecular weight is 190 g/mol. The van der Waals surface area contributed by atoms with Gasteiger partial charge in [-0.1, -0.05) is 29.4 Å². The van der Waals surface area contributed by atoms with Gasteiger partial charge in [-0.2, -0.15) is 0 Å². The zero-order valence-corrected chi connectivity index (χ0v) is 8.07. The fourth-order valence-electron chi connectivity index (χ4n) is 1.68. The lowest BCUT2D eigenvalue weighted by molar-refractivity contribution is 0.152. The van der Waals surface area contributed by atoms with Crippen molar-refractivity contribution in [1.29, 1.82) is 0 Å². The topological polar surface area (TPSA) is 47.6 Å². The molecule has 0 spiro atoms. The van der Waals surface area contributed by atoms with Crippen LogP contribution in [0.15, 0.2) is 29.4 Å². The van der Waals surface area contributed by atoms with Crippen LogP contribution in [-0.4, -0.2) is 18.9 Å². The van der Waals surface area contributed by atoms with Crippen LogP contribution in [0.25, 0.3) is 0 Å². The third-order valence-corrected chi connectivity index (χ3v) is 2.34. The Balaban J connectivity index is 2.13. The fraction of sp³-hybridized carbons (Fsp3) is 0.364. The average Bonchev–Trinajstić information content (AvgIpc) is 2.63. The van der Waals surface area contributed by atoms with E-state index in [1.165, 1.54) is 11.1 Å². The van der Waals surface area contributed by atoms with Crippen molar-refractivity contribution in [1.82, 2.24) is 0 Å². The molecule has 0 saturated carbocycles. The summed E-state index contributed by atoms with van der Waals surface area (Å²) < 4.78 is 0. The highest BCUT2D eigenvalue weighted by molar-refractivity contribution is 6.04. The van der Waals surface area contributed by atoms with Crippen LogP contribution < -0.4 is 5.73 Å². The van der Waals surface area contributed by atoms with Crippen molar-refractivity contribution in [2.24, 2.45) is 10.9 Å². The molecule has 2 rings (SSSR count). The monoisotopic (exact) mass is 190 g/mol. The molecule has 0 radical (unpaired) electrons. The first-order chi connectivity index (χ1) is 6.92. The van der Waals surface area contributed by atoms with Crippen molar-refractivity contribution in [2.45, 2.75) is 12.8 Å². The normalized spacial score (nSPS) is 17.1. The summed E-state index contributed by atoms with van der Waals surface area (Å²) in [6.07, 6.45) is 2.05. The lowest BCUT2D eigenvalue weighted by atomic mass is 10.1. The zero-order chi connectivity index (χ0) is 9.80. The molecule has 0 unspecified atom stereocenters. The molecule has 1 aliphatic carbocycles. The minimum Gasteiger partial charge on any atom is -0.394 e. The van der Waals surface area contributed by atoms with E-state index in [1.807, 2.05) is 6.07 Å². The summed E-state index contributed by atoms with van der Waals surface area (Å²) in [7, 11) is 0. The Morgan fingerprint density at radius 2 is 2.14 bits per heavy atom. The second-order valence-electron chi connectivity index (χ2n) is 3.32. The molecule has 3 heteroatoms. The van der Waals surface area contributed by atoms with E-state index in [0.29, 0.717) is 13.2 Å². The number of hydrogen-bond acceptors (Lipinski definition) is 3. The predicted molar refractivity (Wildman–Crippen MR) is 56.3 cm³/mol. The first kappa shape index (κ1) is 9.21. The third-order valence-electron chi connectivity index (χ3n) is 2.34. The Kier molecular flexibility index (Phi) is 2.79. The number of oxime groups is 1. The molecule has 74 valence electrons. The number of nitrogens with zero attached hydrogens (tertiary/aromatic N) is 1. The van der Waals surface area contributed by atoms with Crippen molar-refractivity contribution in [3.8, 4) is 0 Å². The Labute approximate surface area is 83.6 Å². The predicted octanol–water partition coefficient (Wildman–Crippen LogP) is 1.31. The van der Waals surface area contributed by atoms with Crippen LogP contribution in [0.4, 0.5) is 0 Å². The van der Waals surface area contributed by atoms with E-state index in [0.717, 1.165) is 18.6 Å². The lowest BCUT2D eigenvalue weighted by Gasteiger charge is -1.99. The van der Waals surface area contributed by atoms with Gasteiger partial charge in [-0.15, -0.1) is 0 Å². The maximum atomic E-state index is 5.31. The first-order valence-electron chi connectivity index (χ1n) is 4.89. The van der Waals surface area contributed by atoms with E-state index in [-0.39, 0.29) is 0 Å². The zero-order valence-electron chi connectivity index (χ0n) is 8.07. The van der Waals surface area contributed by atoms with Crippen LogP contribution in [0.1, 0.15) is 17.5 Å². The molecule has 0 fully saturated rings. The molecule has 0 aliphatic heterocycles.